The van der Waals surface area contributed by atoms with Crippen LogP contribution in [0.4, 0.5) is 0 Å². The number of fused-ring (bicyclic) bond motifs is 1. The van der Waals surface area contributed by atoms with Gasteiger partial charge in [0.15, 0.2) is 0 Å². The maximum atomic E-state index is 11.7. The second kappa shape index (κ2) is 7.57. The molecule has 5 nitrogen and oxygen atoms in total. The monoisotopic (exact) mass is 380 g/mol. The number of hydrogen-bond donors (Lipinski definition) is 2. The fraction of sp³-hybridized carbons (Fsp3) is 0.818. The van der Waals surface area contributed by atoms with E-state index in [2.05, 4.69) is 20.8 Å². The lowest BCUT2D eigenvalue weighted by atomic mass is 9.44. The first-order valence-corrected chi connectivity index (χ1v) is 10.1. The van der Waals surface area contributed by atoms with Crippen LogP contribution in [0, 0.1) is 22.7 Å². The highest BCUT2D eigenvalue weighted by Crippen LogP contribution is 2.63. The van der Waals surface area contributed by atoms with Crippen molar-refractivity contribution >= 4 is 11.9 Å². The Kier molecular flexibility index (Phi) is 6.15. The number of carboxylic acid groups (broad SMARTS) is 1. The molecule has 0 aromatic rings. The Hall–Kier alpha value is -1.36. The molecule has 0 bridgehead atoms. The van der Waals surface area contributed by atoms with Crippen LogP contribution >= 0.6 is 0 Å². The SMILES string of the molecule is CC(=O)O[C@@H]1C[C@](C)(O)[C@@H](CC/C(C)=C/C(=O)O)[C@]2(C)CCCC(C)(C)[C@@H]12. The predicted octanol–water partition coefficient (Wildman–Crippen LogP) is 4.33. The van der Waals surface area contributed by atoms with Crippen LogP contribution in [0.2, 0.25) is 0 Å². The summed E-state index contributed by atoms with van der Waals surface area (Å²) in [6, 6.07) is 0. The summed E-state index contributed by atoms with van der Waals surface area (Å²) in [4.78, 5) is 22.7. The minimum Gasteiger partial charge on any atom is -0.478 e. The van der Waals surface area contributed by atoms with Crippen molar-refractivity contribution in [1.29, 1.82) is 0 Å². The van der Waals surface area contributed by atoms with Crippen molar-refractivity contribution in [3.63, 3.8) is 0 Å². The summed E-state index contributed by atoms with van der Waals surface area (Å²) in [7, 11) is 0. The maximum Gasteiger partial charge on any atom is 0.328 e. The molecule has 0 heterocycles. The third kappa shape index (κ3) is 4.56. The molecule has 0 aromatic heterocycles. The van der Waals surface area contributed by atoms with Gasteiger partial charge in [-0.25, -0.2) is 4.79 Å². The van der Waals surface area contributed by atoms with Crippen LogP contribution in [-0.2, 0) is 14.3 Å². The van der Waals surface area contributed by atoms with E-state index in [1.807, 2.05) is 13.8 Å². The standard InChI is InChI=1S/C22H36O5/c1-14(12-18(24)25)8-9-17-21(5)11-7-10-20(3,4)19(21)16(27-15(2)23)13-22(17,6)26/h12,16-17,19,26H,7-11,13H2,1-6H3,(H,24,25)/b14-12+/t16-,17+,19-,21+,22+/m1/s1. The van der Waals surface area contributed by atoms with E-state index in [-0.39, 0.29) is 34.7 Å². The van der Waals surface area contributed by atoms with Crippen LogP contribution in [0.5, 0.6) is 0 Å². The molecule has 154 valence electrons. The number of rotatable bonds is 5. The van der Waals surface area contributed by atoms with Gasteiger partial charge in [0.05, 0.1) is 5.60 Å². The molecule has 2 N–H and O–H groups in total. The van der Waals surface area contributed by atoms with Gasteiger partial charge in [-0.3, -0.25) is 4.79 Å². The van der Waals surface area contributed by atoms with Crippen LogP contribution in [0.15, 0.2) is 11.6 Å². The molecule has 0 amide bonds. The number of carbonyl (C=O) groups is 2. The second-order valence-corrected chi connectivity index (χ2v) is 9.95. The van der Waals surface area contributed by atoms with Gasteiger partial charge in [-0.2, -0.15) is 0 Å². The topological polar surface area (TPSA) is 83.8 Å². The quantitative estimate of drug-likeness (QED) is 0.548. The van der Waals surface area contributed by atoms with Crippen molar-refractivity contribution in [2.24, 2.45) is 22.7 Å². The van der Waals surface area contributed by atoms with Gasteiger partial charge in [-0.05, 0) is 56.3 Å². The highest BCUT2D eigenvalue weighted by Gasteiger charge is 2.62. The predicted molar refractivity (Wildman–Crippen MR) is 104 cm³/mol. The summed E-state index contributed by atoms with van der Waals surface area (Å²) < 4.78 is 5.74. The van der Waals surface area contributed by atoms with E-state index in [0.29, 0.717) is 12.8 Å². The van der Waals surface area contributed by atoms with Crippen molar-refractivity contribution in [3.05, 3.63) is 11.6 Å². The van der Waals surface area contributed by atoms with E-state index in [4.69, 9.17) is 9.84 Å². The van der Waals surface area contributed by atoms with Crippen molar-refractivity contribution in [1.82, 2.24) is 0 Å². The number of hydrogen-bond acceptors (Lipinski definition) is 4. The van der Waals surface area contributed by atoms with Crippen LogP contribution in [-0.4, -0.2) is 33.9 Å². The summed E-state index contributed by atoms with van der Waals surface area (Å²) in [6.07, 6.45) is 5.94. The fourth-order valence-electron chi connectivity index (χ4n) is 6.44. The van der Waals surface area contributed by atoms with Crippen molar-refractivity contribution in [2.75, 3.05) is 0 Å². The number of carboxylic acids is 1. The van der Waals surface area contributed by atoms with Gasteiger partial charge < -0.3 is 14.9 Å². The van der Waals surface area contributed by atoms with Gasteiger partial charge in [0.25, 0.3) is 0 Å². The zero-order valence-electron chi connectivity index (χ0n) is 17.7. The van der Waals surface area contributed by atoms with Gasteiger partial charge in [0.2, 0.25) is 0 Å². The molecule has 2 fully saturated rings. The van der Waals surface area contributed by atoms with Gasteiger partial charge in [-0.1, -0.05) is 32.8 Å². The van der Waals surface area contributed by atoms with E-state index in [1.54, 1.807) is 0 Å². The summed E-state index contributed by atoms with van der Waals surface area (Å²) in [6.45, 7) is 11.9. The maximum absolute atomic E-state index is 11.7. The zero-order chi connectivity index (χ0) is 20.6. The van der Waals surface area contributed by atoms with Crippen LogP contribution < -0.4 is 0 Å². The molecule has 0 spiro atoms. The smallest absolute Gasteiger partial charge is 0.328 e. The second-order valence-electron chi connectivity index (χ2n) is 9.95. The van der Waals surface area contributed by atoms with E-state index in [1.165, 1.54) is 13.0 Å². The Morgan fingerprint density at radius 3 is 2.33 bits per heavy atom. The molecule has 0 aromatic carbocycles. The molecule has 0 saturated heterocycles. The largest absolute Gasteiger partial charge is 0.478 e. The van der Waals surface area contributed by atoms with E-state index >= 15 is 0 Å². The van der Waals surface area contributed by atoms with Crippen molar-refractivity contribution in [2.45, 2.75) is 91.8 Å². The summed E-state index contributed by atoms with van der Waals surface area (Å²) in [5, 5.41) is 20.3. The highest BCUT2D eigenvalue weighted by molar-refractivity contribution is 5.80. The Morgan fingerprint density at radius 2 is 1.78 bits per heavy atom. The van der Waals surface area contributed by atoms with Gasteiger partial charge in [0.1, 0.15) is 6.10 Å². The van der Waals surface area contributed by atoms with Crippen LogP contribution in [0.25, 0.3) is 0 Å². The summed E-state index contributed by atoms with van der Waals surface area (Å²) in [5.74, 6) is -1.02. The molecule has 5 atom stereocenters. The number of aliphatic carboxylic acids is 1. The van der Waals surface area contributed by atoms with E-state index in [9.17, 15) is 14.7 Å². The Morgan fingerprint density at radius 1 is 1.15 bits per heavy atom. The molecular formula is C22H36O5. The first kappa shape index (κ1) is 21.9. The lowest BCUT2D eigenvalue weighted by molar-refractivity contribution is -0.224. The Bertz CT molecular complexity index is 618. The minimum absolute atomic E-state index is 0.0216. The molecule has 0 aliphatic heterocycles. The molecule has 2 saturated carbocycles. The van der Waals surface area contributed by atoms with Gasteiger partial charge in [0, 0.05) is 25.3 Å². The first-order chi connectivity index (χ1) is 12.3. The van der Waals surface area contributed by atoms with Crippen LogP contribution in [0.1, 0.15) is 80.1 Å². The summed E-state index contributed by atoms with van der Waals surface area (Å²) in [5.41, 5.74) is -0.279. The minimum atomic E-state index is -0.956. The lowest BCUT2D eigenvalue weighted by Gasteiger charge is -2.63. The highest BCUT2D eigenvalue weighted by atomic mass is 16.5. The molecule has 2 aliphatic carbocycles. The molecule has 0 unspecified atom stereocenters. The lowest BCUT2D eigenvalue weighted by Crippen LogP contribution is -2.63. The summed E-state index contributed by atoms with van der Waals surface area (Å²) >= 11 is 0. The number of carbonyl (C=O) groups excluding carboxylic acids is 1. The first-order valence-electron chi connectivity index (χ1n) is 10.1. The Labute approximate surface area is 163 Å². The molecular weight excluding hydrogens is 344 g/mol. The van der Waals surface area contributed by atoms with E-state index < -0.39 is 11.6 Å². The normalized spacial score (nSPS) is 38.8. The molecule has 5 heteroatoms. The van der Waals surface area contributed by atoms with Gasteiger partial charge >= 0.3 is 11.9 Å². The number of allylic oxidation sites excluding steroid dienone is 1. The molecule has 2 rings (SSSR count). The van der Waals surface area contributed by atoms with Gasteiger partial charge in [-0.15, -0.1) is 0 Å². The fourth-order valence-corrected chi connectivity index (χ4v) is 6.44. The number of ether oxygens (including phenoxy) is 1. The number of aliphatic hydroxyl groups is 1. The average molecular weight is 381 g/mol. The van der Waals surface area contributed by atoms with Crippen LogP contribution in [0.3, 0.4) is 0 Å². The molecule has 27 heavy (non-hydrogen) atoms. The zero-order valence-corrected chi connectivity index (χ0v) is 17.7. The Balaban J connectivity index is 2.39. The van der Waals surface area contributed by atoms with Crippen molar-refractivity contribution < 1.29 is 24.5 Å². The number of esters is 1. The third-order valence-corrected chi connectivity index (χ3v) is 7.14. The average Bonchev–Trinajstić information content (AvgIpc) is 2.42. The third-order valence-electron chi connectivity index (χ3n) is 7.14. The molecule has 2 aliphatic rings. The molecule has 0 radical (unpaired) electrons. The van der Waals surface area contributed by atoms with E-state index in [0.717, 1.165) is 31.3 Å². The van der Waals surface area contributed by atoms with Crippen molar-refractivity contribution in [3.8, 4) is 0 Å².